The topological polar surface area (TPSA) is 72.4 Å². The maximum absolute atomic E-state index is 12.9. The molecule has 1 N–H and O–H groups in total. The van der Waals surface area contributed by atoms with Crippen LogP contribution in [0.4, 0.5) is 0 Å². The molecule has 0 amide bonds. The Kier molecular flexibility index (Phi) is 7.59. The minimum absolute atomic E-state index is 0.196. The van der Waals surface area contributed by atoms with Gasteiger partial charge in [0, 0.05) is 19.2 Å². The summed E-state index contributed by atoms with van der Waals surface area (Å²) in [7, 11) is 0. The highest BCUT2D eigenvalue weighted by molar-refractivity contribution is 5.68. The minimum atomic E-state index is -0.235. The summed E-state index contributed by atoms with van der Waals surface area (Å²) < 4.78 is 14.4. The molecule has 2 heterocycles. The Morgan fingerprint density at radius 3 is 2.03 bits per heavy atom. The van der Waals surface area contributed by atoms with Gasteiger partial charge in [-0.15, -0.1) is 0 Å². The van der Waals surface area contributed by atoms with E-state index in [-0.39, 0.29) is 11.6 Å². The fourth-order valence-corrected chi connectivity index (χ4v) is 4.72. The molecule has 0 aliphatic carbocycles. The summed E-state index contributed by atoms with van der Waals surface area (Å²) in [6.45, 7) is 6.77. The first-order chi connectivity index (χ1) is 18.1. The number of aromatic amines is 1. The number of hydrogen-bond donors (Lipinski definition) is 1. The molecular weight excluding hydrogens is 464 g/mol. The van der Waals surface area contributed by atoms with Crippen molar-refractivity contribution < 1.29 is 9.47 Å². The summed E-state index contributed by atoms with van der Waals surface area (Å²) in [6, 6.07) is 24.2. The second kappa shape index (κ2) is 11.4. The SMILES string of the molecule is CC(C)c1cc(-c2n[nH]c(=O)n2N2CCCCC2)c(OCc2ccccc2)cc1OCc1ccccc1. The molecule has 0 spiro atoms. The van der Waals surface area contributed by atoms with Crippen LogP contribution in [0.25, 0.3) is 11.4 Å². The van der Waals surface area contributed by atoms with Crippen molar-refractivity contribution in [1.29, 1.82) is 0 Å². The second-order valence-electron chi connectivity index (χ2n) is 9.77. The number of rotatable bonds is 9. The zero-order valence-electron chi connectivity index (χ0n) is 21.5. The van der Waals surface area contributed by atoms with Gasteiger partial charge in [-0.1, -0.05) is 74.5 Å². The van der Waals surface area contributed by atoms with Crippen LogP contribution < -0.4 is 20.2 Å². The van der Waals surface area contributed by atoms with Gasteiger partial charge in [-0.2, -0.15) is 9.77 Å². The Hall–Kier alpha value is -4.00. The third kappa shape index (κ3) is 5.71. The molecule has 1 aliphatic heterocycles. The predicted octanol–water partition coefficient (Wildman–Crippen LogP) is 5.64. The van der Waals surface area contributed by atoms with E-state index < -0.39 is 0 Å². The highest BCUT2D eigenvalue weighted by Crippen LogP contribution is 2.39. The molecule has 192 valence electrons. The molecule has 0 saturated carbocycles. The highest BCUT2D eigenvalue weighted by atomic mass is 16.5. The van der Waals surface area contributed by atoms with Crippen LogP contribution in [-0.4, -0.2) is 28.0 Å². The first-order valence-electron chi connectivity index (χ1n) is 13.0. The molecule has 1 aliphatic rings. The Labute approximate surface area is 217 Å². The lowest BCUT2D eigenvalue weighted by atomic mass is 9.98. The molecule has 0 bridgehead atoms. The largest absolute Gasteiger partial charge is 0.488 e. The van der Waals surface area contributed by atoms with Gasteiger partial charge >= 0.3 is 5.69 Å². The van der Waals surface area contributed by atoms with Crippen molar-refractivity contribution in [2.75, 3.05) is 18.1 Å². The van der Waals surface area contributed by atoms with Crippen molar-refractivity contribution in [3.8, 4) is 22.9 Å². The molecule has 1 aromatic heterocycles. The Morgan fingerprint density at radius 2 is 1.43 bits per heavy atom. The smallest absolute Gasteiger partial charge is 0.362 e. The van der Waals surface area contributed by atoms with E-state index in [1.54, 1.807) is 4.68 Å². The molecule has 5 rings (SSSR count). The fraction of sp³-hybridized carbons (Fsp3) is 0.333. The first-order valence-corrected chi connectivity index (χ1v) is 13.0. The van der Waals surface area contributed by atoms with Crippen LogP contribution in [0, 0.1) is 0 Å². The molecule has 1 saturated heterocycles. The lowest BCUT2D eigenvalue weighted by molar-refractivity contribution is 0.287. The van der Waals surface area contributed by atoms with Crippen molar-refractivity contribution in [1.82, 2.24) is 14.9 Å². The quantitative estimate of drug-likeness (QED) is 0.323. The van der Waals surface area contributed by atoms with Gasteiger partial charge < -0.3 is 14.5 Å². The lowest BCUT2D eigenvalue weighted by Gasteiger charge is -2.29. The van der Waals surface area contributed by atoms with E-state index in [1.165, 1.54) is 6.42 Å². The van der Waals surface area contributed by atoms with E-state index in [1.807, 2.05) is 54.6 Å². The molecule has 7 heteroatoms. The molecule has 0 radical (unpaired) electrons. The van der Waals surface area contributed by atoms with Crippen molar-refractivity contribution in [3.63, 3.8) is 0 Å². The molecule has 3 aromatic carbocycles. The molecule has 0 unspecified atom stereocenters. The van der Waals surface area contributed by atoms with Crippen molar-refractivity contribution in [3.05, 3.63) is 100.0 Å². The van der Waals surface area contributed by atoms with Crippen molar-refractivity contribution in [2.24, 2.45) is 0 Å². The molecule has 0 atom stereocenters. The van der Waals surface area contributed by atoms with E-state index in [9.17, 15) is 4.79 Å². The maximum Gasteiger partial charge on any atom is 0.362 e. The Bertz CT molecular complexity index is 1360. The van der Waals surface area contributed by atoms with Crippen LogP contribution in [0.2, 0.25) is 0 Å². The molecule has 37 heavy (non-hydrogen) atoms. The average Bonchev–Trinajstić information content (AvgIpc) is 3.33. The highest BCUT2D eigenvalue weighted by Gasteiger charge is 2.24. The van der Waals surface area contributed by atoms with Gasteiger partial charge in [-0.05, 0) is 47.9 Å². The zero-order chi connectivity index (χ0) is 25.6. The van der Waals surface area contributed by atoms with Gasteiger partial charge in [0.1, 0.15) is 24.7 Å². The van der Waals surface area contributed by atoms with Crippen LogP contribution in [0.5, 0.6) is 11.5 Å². The van der Waals surface area contributed by atoms with E-state index >= 15 is 0 Å². The minimum Gasteiger partial charge on any atom is -0.488 e. The summed E-state index contributed by atoms with van der Waals surface area (Å²) in [6.07, 6.45) is 3.28. The number of H-pyrrole nitrogens is 1. The standard InChI is InChI=1S/C30H34N4O3/c1-22(2)25-18-26(29-31-32-30(35)34(29)33-16-10-5-11-17-33)28(37-21-24-14-8-4-9-15-24)19-27(25)36-20-23-12-6-3-7-13-23/h3-4,6-9,12-15,18-19,22H,5,10-11,16-17,20-21H2,1-2H3,(H,32,35). The van der Waals surface area contributed by atoms with Crippen molar-refractivity contribution >= 4 is 0 Å². The van der Waals surface area contributed by atoms with Crippen LogP contribution in [0.15, 0.2) is 77.6 Å². The Morgan fingerprint density at radius 1 is 0.838 bits per heavy atom. The summed E-state index contributed by atoms with van der Waals surface area (Å²) in [5.74, 6) is 2.16. The van der Waals surface area contributed by atoms with Gasteiger partial charge in [0.25, 0.3) is 0 Å². The predicted molar refractivity (Wildman–Crippen MR) is 146 cm³/mol. The summed E-state index contributed by atoms with van der Waals surface area (Å²) in [5.41, 5.74) is 3.73. The van der Waals surface area contributed by atoms with Crippen LogP contribution in [0.1, 0.15) is 55.7 Å². The molecule has 7 nitrogen and oxygen atoms in total. The molecule has 4 aromatic rings. The zero-order valence-corrected chi connectivity index (χ0v) is 21.5. The fourth-order valence-electron chi connectivity index (χ4n) is 4.72. The number of ether oxygens (including phenoxy) is 2. The number of piperidine rings is 1. The van der Waals surface area contributed by atoms with Crippen LogP contribution >= 0.6 is 0 Å². The monoisotopic (exact) mass is 498 g/mol. The van der Waals surface area contributed by atoms with Gasteiger partial charge in [0.05, 0.1) is 5.56 Å². The van der Waals surface area contributed by atoms with Crippen LogP contribution in [-0.2, 0) is 13.2 Å². The number of aromatic nitrogens is 3. The normalized spacial score (nSPS) is 13.6. The van der Waals surface area contributed by atoms with Gasteiger partial charge in [-0.3, -0.25) is 0 Å². The van der Waals surface area contributed by atoms with Gasteiger partial charge in [-0.25, -0.2) is 9.89 Å². The molecular formula is C30H34N4O3. The summed E-state index contributed by atoms with van der Waals surface area (Å²) >= 11 is 0. The second-order valence-corrected chi connectivity index (χ2v) is 9.77. The summed E-state index contributed by atoms with van der Waals surface area (Å²) in [4.78, 5) is 12.9. The number of nitrogens with zero attached hydrogens (tertiary/aromatic N) is 3. The first kappa shape index (κ1) is 24.7. The van der Waals surface area contributed by atoms with Crippen LogP contribution in [0.3, 0.4) is 0 Å². The van der Waals surface area contributed by atoms with Crippen molar-refractivity contribution in [2.45, 2.75) is 52.2 Å². The number of benzene rings is 3. The number of nitrogens with one attached hydrogen (secondary N) is 1. The maximum atomic E-state index is 12.9. The average molecular weight is 499 g/mol. The van der Waals surface area contributed by atoms with E-state index in [2.05, 4.69) is 47.3 Å². The van der Waals surface area contributed by atoms with Gasteiger partial charge in [0.2, 0.25) is 0 Å². The third-order valence-electron chi connectivity index (χ3n) is 6.71. The van der Waals surface area contributed by atoms with E-state index in [0.717, 1.165) is 53.9 Å². The Balaban J connectivity index is 1.56. The van der Waals surface area contributed by atoms with E-state index in [0.29, 0.717) is 24.8 Å². The third-order valence-corrected chi connectivity index (χ3v) is 6.71. The number of hydrogen-bond acceptors (Lipinski definition) is 5. The van der Waals surface area contributed by atoms with Gasteiger partial charge in [0.15, 0.2) is 5.82 Å². The summed E-state index contributed by atoms with van der Waals surface area (Å²) in [5, 5.41) is 9.22. The lowest BCUT2D eigenvalue weighted by Crippen LogP contribution is -2.44. The van der Waals surface area contributed by atoms with E-state index in [4.69, 9.17) is 9.47 Å². The molecule has 1 fully saturated rings.